The summed E-state index contributed by atoms with van der Waals surface area (Å²) in [5.41, 5.74) is 0.688. The minimum atomic E-state index is -3.80. The van der Waals surface area contributed by atoms with E-state index in [4.69, 9.17) is 13.9 Å². The molecule has 1 N–H and O–H groups in total. The third-order valence-corrected chi connectivity index (χ3v) is 6.29. The Bertz CT molecular complexity index is 1100. The second kappa shape index (κ2) is 11.1. The predicted molar refractivity (Wildman–Crippen MR) is 121 cm³/mol. The van der Waals surface area contributed by atoms with Gasteiger partial charge in [-0.2, -0.15) is 0 Å². The van der Waals surface area contributed by atoms with Gasteiger partial charge < -0.3 is 18.8 Å². The summed E-state index contributed by atoms with van der Waals surface area (Å²) >= 11 is 0. The van der Waals surface area contributed by atoms with Gasteiger partial charge in [0, 0.05) is 31.1 Å². The van der Waals surface area contributed by atoms with E-state index in [-0.39, 0.29) is 47.3 Å². The predicted octanol–water partition coefficient (Wildman–Crippen LogP) is 2.94. The SMILES string of the molecule is CCNS(=O)(=O)c1ccc(OCC(=O)OCC)c2oc(/C(C)=C/C(=O)N(CC)CC)cc12. The lowest BCUT2D eigenvalue weighted by molar-refractivity contribution is -0.145. The van der Waals surface area contributed by atoms with Gasteiger partial charge in [0.15, 0.2) is 17.9 Å². The maximum atomic E-state index is 12.7. The number of amides is 1. The molecule has 10 heteroatoms. The molecule has 0 saturated carbocycles. The fourth-order valence-corrected chi connectivity index (χ4v) is 4.33. The van der Waals surface area contributed by atoms with Crippen LogP contribution < -0.4 is 9.46 Å². The molecule has 0 radical (unpaired) electrons. The van der Waals surface area contributed by atoms with E-state index in [9.17, 15) is 18.0 Å². The van der Waals surface area contributed by atoms with Gasteiger partial charge in [-0.05, 0) is 51.5 Å². The van der Waals surface area contributed by atoms with Crippen molar-refractivity contribution >= 4 is 38.4 Å². The molecule has 2 rings (SSSR count). The van der Waals surface area contributed by atoms with E-state index in [0.29, 0.717) is 24.4 Å². The number of likely N-dealkylation sites (N-methyl/N-ethyl adjacent to an activating group) is 1. The van der Waals surface area contributed by atoms with E-state index in [0.717, 1.165) is 0 Å². The first-order valence-electron chi connectivity index (χ1n) is 10.5. The molecule has 0 aliphatic heterocycles. The number of carbonyl (C=O) groups is 2. The number of hydrogen-bond donors (Lipinski definition) is 1. The fourth-order valence-electron chi connectivity index (χ4n) is 3.11. The minimum Gasteiger partial charge on any atom is -0.478 e. The summed E-state index contributed by atoms with van der Waals surface area (Å²) in [5.74, 6) is -0.219. The van der Waals surface area contributed by atoms with Crippen molar-refractivity contribution in [3.05, 3.63) is 30.0 Å². The molecule has 0 fully saturated rings. The van der Waals surface area contributed by atoms with Crippen LogP contribution >= 0.6 is 0 Å². The van der Waals surface area contributed by atoms with Crippen molar-refractivity contribution in [1.29, 1.82) is 0 Å². The Kier molecular flexibility index (Phi) is 8.85. The lowest BCUT2D eigenvalue weighted by Crippen LogP contribution is -2.28. The molecule has 1 amide bonds. The van der Waals surface area contributed by atoms with Crippen molar-refractivity contribution in [2.75, 3.05) is 32.8 Å². The number of rotatable bonds is 11. The third-order valence-electron chi connectivity index (χ3n) is 4.69. The highest BCUT2D eigenvalue weighted by atomic mass is 32.2. The van der Waals surface area contributed by atoms with Crippen LogP contribution in [0.1, 0.15) is 40.4 Å². The van der Waals surface area contributed by atoms with Gasteiger partial charge in [0.25, 0.3) is 0 Å². The largest absolute Gasteiger partial charge is 0.478 e. The lowest BCUT2D eigenvalue weighted by Gasteiger charge is -2.16. The van der Waals surface area contributed by atoms with Crippen LogP contribution in [-0.2, 0) is 24.3 Å². The van der Waals surface area contributed by atoms with Crippen molar-refractivity contribution in [3.8, 4) is 5.75 Å². The zero-order chi connectivity index (χ0) is 23.9. The summed E-state index contributed by atoms with van der Waals surface area (Å²) in [6.07, 6.45) is 1.45. The molecule has 2 aromatic rings. The van der Waals surface area contributed by atoms with Crippen LogP contribution in [0.4, 0.5) is 0 Å². The van der Waals surface area contributed by atoms with Gasteiger partial charge in [0.05, 0.1) is 11.5 Å². The molecule has 32 heavy (non-hydrogen) atoms. The lowest BCUT2D eigenvalue weighted by atomic mass is 10.2. The van der Waals surface area contributed by atoms with E-state index >= 15 is 0 Å². The number of fused-ring (bicyclic) bond motifs is 1. The Hall–Kier alpha value is -2.85. The van der Waals surface area contributed by atoms with Gasteiger partial charge >= 0.3 is 5.97 Å². The molecule has 0 saturated heterocycles. The van der Waals surface area contributed by atoms with E-state index in [1.54, 1.807) is 31.7 Å². The van der Waals surface area contributed by atoms with Crippen LogP contribution in [0, 0.1) is 0 Å². The van der Waals surface area contributed by atoms with Gasteiger partial charge in [0.1, 0.15) is 5.76 Å². The van der Waals surface area contributed by atoms with Crippen LogP contribution in [0.25, 0.3) is 16.5 Å². The zero-order valence-corrected chi connectivity index (χ0v) is 19.9. The minimum absolute atomic E-state index is 0.00991. The first kappa shape index (κ1) is 25.4. The molecule has 1 aromatic carbocycles. The average molecular weight is 467 g/mol. The van der Waals surface area contributed by atoms with Gasteiger partial charge in [0.2, 0.25) is 15.9 Å². The quantitative estimate of drug-likeness (QED) is 0.400. The Morgan fingerprint density at radius 1 is 1.16 bits per heavy atom. The van der Waals surface area contributed by atoms with Gasteiger partial charge in [-0.3, -0.25) is 4.79 Å². The van der Waals surface area contributed by atoms with Crippen molar-refractivity contribution in [2.45, 2.75) is 39.5 Å². The topological polar surface area (TPSA) is 115 Å². The number of allylic oxidation sites excluding steroid dienone is 1. The molecule has 0 aliphatic carbocycles. The van der Waals surface area contributed by atoms with Gasteiger partial charge in [-0.1, -0.05) is 6.92 Å². The molecule has 1 heterocycles. The highest BCUT2D eigenvalue weighted by Crippen LogP contribution is 2.36. The molecule has 1 aromatic heterocycles. The fraction of sp³-hybridized carbons (Fsp3) is 0.455. The number of ether oxygens (including phenoxy) is 2. The molecule has 0 bridgehead atoms. The van der Waals surface area contributed by atoms with Gasteiger partial charge in [-0.15, -0.1) is 0 Å². The molecule has 0 aliphatic rings. The Morgan fingerprint density at radius 2 is 1.84 bits per heavy atom. The highest BCUT2D eigenvalue weighted by Gasteiger charge is 2.23. The second-order valence-corrected chi connectivity index (χ2v) is 8.58. The Balaban J connectivity index is 2.56. The Labute approximate surface area is 188 Å². The van der Waals surface area contributed by atoms with Crippen LogP contribution in [0.3, 0.4) is 0 Å². The van der Waals surface area contributed by atoms with E-state index in [2.05, 4.69) is 4.72 Å². The number of nitrogens with one attached hydrogen (secondary N) is 1. The van der Waals surface area contributed by atoms with Crippen molar-refractivity contribution < 1.29 is 31.9 Å². The number of esters is 1. The zero-order valence-electron chi connectivity index (χ0n) is 19.1. The molecule has 0 atom stereocenters. The maximum absolute atomic E-state index is 12.7. The van der Waals surface area contributed by atoms with Crippen LogP contribution in [0.15, 0.2) is 33.6 Å². The number of nitrogens with zero attached hydrogens (tertiary/aromatic N) is 1. The molecule has 9 nitrogen and oxygen atoms in total. The summed E-state index contributed by atoms with van der Waals surface area (Å²) in [4.78, 5) is 25.8. The van der Waals surface area contributed by atoms with Crippen LogP contribution in [0.2, 0.25) is 0 Å². The number of furan rings is 1. The van der Waals surface area contributed by atoms with Crippen LogP contribution in [-0.4, -0.2) is 58.0 Å². The third kappa shape index (κ3) is 5.89. The smallest absolute Gasteiger partial charge is 0.344 e. The number of sulfonamides is 1. The summed E-state index contributed by atoms with van der Waals surface area (Å²) in [5, 5.41) is 0.283. The highest BCUT2D eigenvalue weighted by molar-refractivity contribution is 7.89. The Morgan fingerprint density at radius 3 is 2.44 bits per heavy atom. The summed E-state index contributed by atoms with van der Waals surface area (Å²) < 4.78 is 44.1. The standard InChI is InChI=1S/C22H30N2O7S/c1-6-23-32(27,28)19-11-10-17(30-14-21(26)29-9-4)22-16(19)13-18(31-22)15(5)12-20(25)24(7-2)8-3/h10-13,23H,6-9,14H2,1-5H3/b15-12+. The van der Waals surface area contributed by atoms with E-state index in [1.807, 2.05) is 13.8 Å². The first-order chi connectivity index (χ1) is 15.2. The van der Waals surface area contributed by atoms with E-state index < -0.39 is 16.0 Å². The van der Waals surface area contributed by atoms with Crippen LogP contribution in [0.5, 0.6) is 5.75 Å². The summed E-state index contributed by atoms with van der Waals surface area (Å²) in [7, 11) is -3.80. The van der Waals surface area contributed by atoms with Crippen molar-refractivity contribution in [3.63, 3.8) is 0 Å². The molecule has 176 valence electrons. The van der Waals surface area contributed by atoms with E-state index in [1.165, 1.54) is 18.2 Å². The second-order valence-electron chi connectivity index (χ2n) is 6.85. The first-order valence-corrected chi connectivity index (χ1v) is 12.0. The molecule has 0 unspecified atom stereocenters. The number of hydrogen-bond acceptors (Lipinski definition) is 7. The average Bonchev–Trinajstić information content (AvgIpc) is 3.18. The van der Waals surface area contributed by atoms with Gasteiger partial charge in [-0.25, -0.2) is 17.9 Å². The number of benzene rings is 1. The number of carbonyl (C=O) groups excluding carboxylic acids is 2. The summed E-state index contributed by atoms with van der Waals surface area (Å²) in [6.45, 7) is 10.0. The monoisotopic (exact) mass is 466 g/mol. The van der Waals surface area contributed by atoms with Crippen molar-refractivity contribution in [2.24, 2.45) is 0 Å². The molecule has 0 spiro atoms. The maximum Gasteiger partial charge on any atom is 0.344 e. The van der Waals surface area contributed by atoms with Crippen molar-refractivity contribution in [1.82, 2.24) is 9.62 Å². The molecular weight excluding hydrogens is 436 g/mol. The normalized spacial score (nSPS) is 12.1. The molecular formula is C22H30N2O7S. The summed E-state index contributed by atoms with van der Waals surface area (Å²) in [6, 6.07) is 4.37.